The lowest BCUT2D eigenvalue weighted by Crippen LogP contribution is -2.23. The van der Waals surface area contributed by atoms with E-state index in [2.05, 4.69) is 12.2 Å². The van der Waals surface area contributed by atoms with Crippen LogP contribution in [0.5, 0.6) is 0 Å². The van der Waals surface area contributed by atoms with E-state index in [9.17, 15) is 0 Å². The van der Waals surface area contributed by atoms with Crippen LogP contribution in [0.15, 0.2) is 0 Å². The summed E-state index contributed by atoms with van der Waals surface area (Å²) in [5.41, 5.74) is 5.53. The molecule has 0 rings (SSSR count). The van der Waals surface area contributed by atoms with Crippen LogP contribution in [0.3, 0.4) is 0 Å². The van der Waals surface area contributed by atoms with Gasteiger partial charge in [0.15, 0.2) is 0 Å². The Morgan fingerprint density at radius 1 is 1.80 bits per heavy atom. The lowest BCUT2D eigenvalue weighted by atomic mass is 10.4. The summed E-state index contributed by atoms with van der Waals surface area (Å²) in [5.74, 6) is 1.89. The van der Waals surface area contributed by atoms with E-state index in [1.807, 2.05) is 0 Å². The van der Waals surface area contributed by atoms with E-state index in [-0.39, 0.29) is 6.04 Å². The molecule has 0 bridgehead atoms. The van der Waals surface area contributed by atoms with Crippen LogP contribution in [0.1, 0.15) is 0 Å². The van der Waals surface area contributed by atoms with Crippen molar-refractivity contribution >= 4 is 29.3 Å². The van der Waals surface area contributed by atoms with Crippen molar-refractivity contribution in [3.05, 3.63) is 0 Å². The van der Waals surface area contributed by atoms with Crippen LogP contribution in [0.25, 0.3) is 0 Å². The van der Waals surface area contributed by atoms with Crippen LogP contribution in [0.2, 0.25) is 0 Å². The minimum Gasteiger partial charge on any atom is -0.384 e. The molecule has 0 aromatic carbocycles. The Morgan fingerprint density at radius 2 is 2.50 bits per heavy atom. The van der Waals surface area contributed by atoms with Crippen molar-refractivity contribution in [2.75, 3.05) is 25.2 Å². The van der Waals surface area contributed by atoms with E-state index < -0.39 is 0 Å². The number of methoxy groups -OCH3 is 1. The molecule has 1 unspecified atom stereocenters. The van der Waals surface area contributed by atoms with E-state index in [0.29, 0.717) is 0 Å². The molecule has 0 spiro atoms. The monoisotopic (exact) mass is 179 g/mol. The minimum absolute atomic E-state index is 0.0526. The van der Waals surface area contributed by atoms with Crippen LogP contribution in [-0.2, 0) is 4.74 Å². The smallest absolute Gasteiger partial charge is 0.0552 e. The quantitative estimate of drug-likeness (QED) is 0.481. The summed E-state index contributed by atoms with van der Waals surface area (Å²) in [6.07, 6.45) is 0. The fraction of sp³-hybridized carbons (Fsp3) is 0.833. The fourth-order valence-electron chi connectivity index (χ4n) is 0.401. The predicted molar refractivity (Wildman–Crippen MR) is 50.8 cm³/mol. The molecule has 60 valence electrons. The molecule has 2 nitrogen and oxygen atoms in total. The van der Waals surface area contributed by atoms with E-state index in [4.69, 9.17) is 10.5 Å². The van der Waals surface area contributed by atoms with Crippen LogP contribution in [0, 0.1) is 0 Å². The van der Waals surface area contributed by atoms with Crippen molar-refractivity contribution in [2.24, 2.45) is 5.73 Å². The molecule has 0 radical (unpaired) electrons. The zero-order valence-corrected chi connectivity index (χ0v) is 7.71. The Labute approximate surface area is 71.5 Å². The van der Waals surface area contributed by atoms with Gasteiger partial charge in [-0.05, 0) is 5.37 Å². The molecular weight excluding hydrogens is 166 g/mol. The molecule has 0 aliphatic rings. The van der Waals surface area contributed by atoms with Crippen LogP contribution in [-0.4, -0.2) is 36.6 Å². The zero-order chi connectivity index (χ0) is 7.82. The number of hydrogen-bond donors (Lipinski definition) is 1. The molecule has 0 aliphatic carbocycles. The molecule has 2 N–H and O–H groups in total. The maximum Gasteiger partial charge on any atom is 0.0552 e. The van der Waals surface area contributed by atoms with Crippen molar-refractivity contribution in [1.82, 2.24) is 0 Å². The Bertz CT molecular complexity index is 89.8. The van der Waals surface area contributed by atoms with Gasteiger partial charge in [-0.25, -0.2) is 0 Å². The maximum absolute atomic E-state index is 5.53. The molecule has 0 amide bonds. The highest BCUT2D eigenvalue weighted by molar-refractivity contribution is 7.99. The third kappa shape index (κ3) is 6.48. The van der Waals surface area contributed by atoms with E-state index in [0.717, 1.165) is 18.1 Å². The molecule has 0 heterocycles. The second-order valence-electron chi connectivity index (χ2n) is 1.87. The number of rotatable bonds is 6. The molecule has 0 saturated heterocycles. The van der Waals surface area contributed by atoms with Crippen molar-refractivity contribution in [2.45, 2.75) is 6.04 Å². The molecule has 10 heavy (non-hydrogen) atoms. The van der Waals surface area contributed by atoms with Gasteiger partial charge in [0.25, 0.3) is 0 Å². The molecule has 0 aliphatic heterocycles. The van der Waals surface area contributed by atoms with E-state index >= 15 is 0 Å². The van der Waals surface area contributed by atoms with Gasteiger partial charge in [0.05, 0.1) is 6.61 Å². The minimum atomic E-state index is 0.0526. The van der Waals surface area contributed by atoms with Crippen LogP contribution < -0.4 is 5.73 Å². The number of thiocarbonyl (C=S) groups is 1. The SMILES string of the molecule is COCCSCC(N)C=S. The summed E-state index contributed by atoms with van der Waals surface area (Å²) >= 11 is 6.42. The standard InChI is InChI=1S/C6H13NOS2/c1-8-2-3-10-5-6(7)4-9/h4,6H,2-3,5,7H2,1H3. The first-order valence-electron chi connectivity index (χ1n) is 3.08. The second-order valence-corrected chi connectivity index (χ2v) is 3.29. The Hall–Kier alpha value is 0.360. The summed E-state index contributed by atoms with van der Waals surface area (Å²) in [6.45, 7) is 0.787. The molecule has 0 saturated carbocycles. The van der Waals surface area contributed by atoms with Crippen LogP contribution >= 0.6 is 24.0 Å². The average Bonchev–Trinajstić information content (AvgIpc) is 1.98. The fourth-order valence-corrected chi connectivity index (χ4v) is 1.44. The number of ether oxygens (including phenoxy) is 1. The van der Waals surface area contributed by atoms with E-state index in [1.165, 1.54) is 0 Å². The van der Waals surface area contributed by atoms with Crippen molar-refractivity contribution < 1.29 is 4.74 Å². The lowest BCUT2D eigenvalue weighted by molar-refractivity contribution is 0.218. The van der Waals surface area contributed by atoms with Crippen LogP contribution in [0.4, 0.5) is 0 Å². The zero-order valence-electron chi connectivity index (χ0n) is 6.08. The number of thioether (sulfide) groups is 1. The summed E-state index contributed by atoms with van der Waals surface area (Å²) < 4.78 is 4.86. The van der Waals surface area contributed by atoms with Gasteiger partial charge in [-0.2, -0.15) is 11.8 Å². The van der Waals surface area contributed by atoms with Crippen molar-refractivity contribution in [3.8, 4) is 0 Å². The van der Waals surface area contributed by atoms with Gasteiger partial charge < -0.3 is 10.5 Å². The summed E-state index contributed by atoms with van der Waals surface area (Å²) in [7, 11) is 1.69. The van der Waals surface area contributed by atoms with E-state index in [1.54, 1.807) is 24.2 Å². The van der Waals surface area contributed by atoms with Gasteiger partial charge in [0.2, 0.25) is 0 Å². The molecule has 0 aromatic heterocycles. The summed E-state index contributed by atoms with van der Waals surface area (Å²) in [5, 5.41) is 1.60. The van der Waals surface area contributed by atoms with Crippen molar-refractivity contribution in [1.29, 1.82) is 0 Å². The third-order valence-electron chi connectivity index (χ3n) is 0.917. The molecular formula is C6H13NOS2. The second kappa shape index (κ2) is 7.47. The van der Waals surface area contributed by atoms with Crippen molar-refractivity contribution in [3.63, 3.8) is 0 Å². The molecule has 4 heteroatoms. The van der Waals surface area contributed by atoms with Gasteiger partial charge in [-0.1, -0.05) is 12.2 Å². The maximum atomic E-state index is 5.53. The summed E-state index contributed by atoms with van der Waals surface area (Å²) in [4.78, 5) is 0. The van der Waals surface area contributed by atoms with Gasteiger partial charge >= 0.3 is 0 Å². The highest BCUT2D eigenvalue weighted by atomic mass is 32.2. The Balaban J connectivity index is 2.95. The van der Waals surface area contributed by atoms with Gasteiger partial charge in [0.1, 0.15) is 0 Å². The predicted octanol–water partition coefficient (Wildman–Crippen LogP) is 0.693. The Kier molecular flexibility index (Phi) is 7.74. The topological polar surface area (TPSA) is 35.2 Å². The largest absolute Gasteiger partial charge is 0.384 e. The molecule has 1 atom stereocenters. The lowest BCUT2D eigenvalue weighted by Gasteiger charge is -2.03. The highest BCUT2D eigenvalue weighted by Gasteiger charge is 1.95. The number of nitrogens with two attached hydrogens (primary N) is 1. The molecule has 0 fully saturated rings. The van der Waals surface area contributed by atoms with Gasteiger partial charge in [0, 0.05) is 24.7 Å². The first-order valence-corrected chi connectivity index (χ1v) is 4.71. The number of hydrogen-bond acceptors (Lipinski definition) is 4. The third-order valence-corrected chi connectivity index (χ3v) is 2.34. The Morgan fingerprint density at radius 3 is 3.00 bits per heavy atom. The first kappa shape index (κ1) is 10.4. The highest BCUT2D eigenvalue weighted by Crippen LogP contribution is 1.99. The first-order chi connectivity index (χ1) is 4.81. The van der Waals surface area contributed by atoms with Gasteiger partial charge in [-0.3, -0.25) is 0 Å². The average molecular weight is 179 g/mol. The summed E-state index contributed by atoms with van der Waals surface area (Å²) in [6, 6.07) is 0.0526. The normalized spacial score (nSPS) is 13.0. The molecule has 0 aromatic rings. The van der Waals surface area contributed by atoms with Gasteiger partial charge in [-0.15, -0.1) is 0 Å².